The number of aromatic amines is 2. The molecule has 0 aromatic carbocycles. The highest BCUT2D eigenvalue weighted by atomic mass is 15.2. The Morgan fingerprint density at radius 1 is 1.29 bits per heavy atom. The molecule has 5 nitrogen and oxygen atoms in total. The Morgan fingerprint density at radius 3 is 2.95 bits per heavy atom. The van der Waals surface area contributed by atoms with Crippen LogP contribution in [0, 0.1) is 0 Å². The van der Waals surface area contributed by atoms with Gasteiger partial charge in [0.05, 0.1) is 11.9 Å². The van der Waals surface area contributed by atoms with Crippen LogP contribution in [0.3, 0.4) is 0 Å². The molecule has 0 aliphatic carbocycles. The Bertz CT molecular complexity index is 571. The van der Waals surface area contributed by atoms with Gasteiger partial charge in [-0.2, -0.15) is 10.2 Å². The first-order valence-corrected chi connectivity index (χ1v) is 8.07. The van der Waals surface area contributed by atoms with Gasteiger partial charge in [-0.05, 0) is 43.9 Å². The van der Waals surface area contributed by atoms with Crippen LogP contribution in [-0.4, -0.2) is 38.4 Å². The number of piperidine rings is 1. The van der Waals surface area contributed by atoms with E-state index in [4.69, 9.17) is 0 Å². The van der Waals surface area contributed by atoms with Crippen molar-refractivity contribution in [2.45, 2.75) is 52.0 Å². The molecule has 0 spiro atoms. The minimum atomic E-state index is 0.588. The number of nitrogens with zero attached hydrogens (tertiary/aromatic N) is 3. The van der Waals surface area contributed by atoms with Gasteiger partial charge < -0.3 is 0 Å². The van der Waals surface area contributed by atoms with Gasteiger partial charge >= 0.3 is 0 Å². The molecule has 0 amide bonds. The van der Waals surface area contributed by atoms with Crippen LogP contribution in [0.15, 0.2) is 12.3 Å². The van der Waals surface area contributed by atoms with Crippen molar-refractivity contribution in [3.05, 3.63) is 34.9 Å². The van der Waals surface area contributed by atoms with E-state index in [1.165, 1.54) is 36.3 Å². The highest BCUT2D eigenvalue weighted by Crippen LogP contribution is 2.28. The highest BCUT2D eigenvalue weighted by molar-refractivity contribution is 5.21. The summed E-state index contributed by atoms with van der Waals surface area (Å²) in [5.41, 5.74) is 5.10. The van der Waals surface area contributed by atoms with E-state index in [-0.39, 0.29) is 0 Å². The summed E-state index contributed by atoms with van der Waals surface area (Å²) >= 11 is 0. The predicted octanol–water partition coefficient (Wildman–Crippen LogP) is 2.64. The van der Waals surface area contributed by atoms with Crippen LogP contribution in [0.1, 0.15) is 55.3 Å². The molecular formula is C16H25N5. The number of H-pyrrole nitrogens is 2. The monoisotopic (exact) mass is 287 g/mol. The topological polar surface area (TPSA) is 60.6 Å². The fraction of sp³-hybridized carbons (Fsp3) is 0.625. The second-order valence-corrected chi connectivity index (χ2v) is 5.97. The van der Waals surface area contributed by atoms with Gasteiger partial charge in [0.25, 0.3) is 0 Å². The van der Waals surface area contributed by atoms with Crippen LogP contribution in [0.25, 0.3) is 0 Å². The minimum absolute atomic E-state index is 0.588. The second kappa shape index (κ2) is 6.43. The number of aromatic nitrogens is 4. The van der Waals surface area contributed by atoms with Crippen molar-refractivity contribution in [2.24, 2.45) is 0 Å². The number of aryl methyl sites for hydroxylation is 2. The Morgan fingerprint density at radius 2 is 2.19 bits per heavy atom. The van der Waals surface area contributed by atoms with Crippen LogP contribution in [0.5, 0.6) is 0 Å². The van der Waals surface area contributed by atoms with E-state index in [1.807, 2.05) is 6.20 Å². The van der Waals surface area contributed by atoms with Crippen molar-refractivity contribution in [3.8, 4) is 0 Å². The van der Waals surface area contributed by atoms with Crippen LogP contribution in [0.2, 0.25) is 0 Å². The van der Waals surface area contributed by atoms with E-state index in [1.54, 1.807) is 0 Å². The van der Waals surface area contributed by atoms with Crippen molar-refractivity contribution in [3.63, 3.8) is 0 Å². The standard InChI is InChI=1S/C16H25N5/c1-3-12-9-17-20-16(12)13-6-5-7-21(10-13)11-15-8-14(4-2)18-19-15/h8-9,13H,3-7,10-11H2,1-2H3,(H,17,20)(H,18,19)/t13-/m1/s1. The molecule has 0 bridgehead atoms. The maximum absolute atomic E-state index is 4.33. The van der Waals surface area contributed by atoms with Gasteiger partial charge in [-0.15, -0.1) is 0 Å². The summed E-state index contributed by atoms with van der Waals surface area (Å²) in [5.74, 6) is 0.588. The molecule has 2 aromatic rings. The number of hydrogen-bond donors (Lipinski definition) is 2. The van der Waals surface area contributed by atoms with E-state index < -0.39 is 0 Å². The number of rotatable bonds is 5. The Kier molecular flexibility index (Phi) is 4.39. The molecule has 3 rings (SSSR count). The molecule has 1 aliphatic heterocycles. The highest BCUT2D eigenvalue weighted by Gasteiger charge is 2.24. The lowest BCUT2D eigenvalue weighted by atomic mass is 9.92. The molecule has 114 valence electrons. The quantitative estimate of drug-likeness (QED) is 0.888. The molecule has 1 fully saturated rings. The lowest BCUT2D eigenvalue weighted by Gasteiger charge is -2.32. The van der Waals surface area contributed by atoms with E-state index >= 15 is 0 Å². The molecule has 2 aromatic heterocycles. The first kappa shape index (κ1) is 14.3. The number of nitrogens with one attached hydrogen (secondary N) is 2. The SMILES string of the molecule is CCc1cc(CN2CCC[C@@H](c3[nH]ncc3CC)C2)[nH]n1. The van der Waals surface area contributed by atoms with E-state index in [0.29, 0.717) is 5.92 Å². The zero-order valence-corrected chi connectivity index (χ0v) is 13.0. The predicted molar refractivity (Wildman–Crippen MR) is 83.2 cm³/mol. The van der Waals surface area contributed by atoms with E-state index in [9.17, 15) is 0 Å². The van der Waals surface area contributed by atoms with Crippen molar-refractivity contribution >= 4 is 0 Å². The summed E-state index contributed by atoms with van der Waals surface area (Å²) in [4.78, 5) is 2.53. The van der Waals surface area contributed by atoms with E-state index in [0.717, 1.165) is 31.6 Å². The molecule has 0 unspecified atom stereocenters. The largest absolute Gasteiger partial charge is 0.297 e. The molecule has 3 heterocycles. The Balaban J connectivity index is 1.65. The normalized spacial score (nSPS) is 20.0. The van der Waals surface area contributed by atoms with Gasteiger partial charge in [0.2, 0.25) is 0 Å². The summed E-state index contributed by atoms with van der Waals surface area (Å²) in [5, 5.41) is 15.0. The average Bonchev–Trinajstić information content (AvgIpc) is 3.15. The number of likely N-dealkylation sites (tertiary alicyclic amines) is 1. The Labute approximate surface area is 126 Å². The van der Waals surface area contributed by atoms with Gasteiger partial charge in [0.15, 0.2) is 0 Å². The van der Waals surface area contributed by atoms with Crippen LogP contribution in [-0.2, 0) is 19.4 Å². The molecule has 2 N–H and O–H groups in total. The van der Waals surface area contributed by atoms with Gasteiger partial charge in [-0.1, -0.05) is 13.8 Å². The van der Waals surface area contributed by atoms with Crippen molar-refractivity contribution in [2.75, 3.05) is 13.1 Å². The molecule has 5 heteroatoms. The summed E-state index contributed by atoms with van der Waals surface area (Å²) in [6, 6.07) is 2.19. The van der Waals surface area contributed by atoms with Gasteiger partial charge in [-0.3, -0.25) is 15.1 Å². The maximum atomic E-state index is 4.33. The molecule has 1 atom stereocenters. The lowest BCUT2D eigenvalue weighted by Crippen LogP contribution is -2.34. The van der Waals surface area contributed by atoms with E-state index in [2.05, 4.69) is 45.2 Å². The molecule has 0 radical (unpaired) electrons. The minimum Gasteiger partial charge on any atom is -0.297 e. The second-order valence-electron chi connectivity index (χ2n) is 5.97. The first-order chi connectivity index (χ1) is 10.3. The van der Waals surface area contributed by atoms with Crippen LogP contribution < -0.4 is 0 Å². The molecule has 1 aliphatic rings. The molecule has 1 saturated heterocycles. The lowest BCUT2D eigenvalue weighted by molar-refractivity contribution is 0.196. The van der Waals surface area contributed by atoms with Crippen molar-refractivity contribution in [1.82, 2.24) is 25.3 Å². The summed E-state index contributed by atoms with van der Waals surface area (Å²) in [6.45, 7) is 7.59. The smallest absolute Gasteiger partial charge is 0.0622 e. The fourth-order valence-corrected chi connectivity index (χ4v) is 3.30. The zero-order chi connectivity index (χ0) is 14.7. The summed E-state index contributed by atoms with van der Waals surface area (Å²) in [7, 11) is 0. The first-order valence-electron chi connectivity index (χ1n) is 8.07. The van der Waals surface area contributed by atoms with Gasteiger partial charge in [-0.25, -0.2) is 0 Å². The third-order valence-corrected chi connectivity index (χ3v) is 4.49. The molecular weight excluding hydrogens is 262 g/mol. The van der Waals surface area contributed by atoms with Crippen molar-refractivity contribution in [1.29, 1.82) is 0 Å². The van der Waals surface area contributed by atoms with Crippen LogP contribution >= 0.6 is 0 Å². The van der Waals surface area contributed by atoms with Gasteiger partial charge in [0.1, 0.15) is 0 Å². The van der Waals surface area contributed by atoms with Crippen molar-refractivity contribution < 1.29 is 0 Å². The number of hydrogen-bond acceptors (Lipinski definition) is 3. The average molecular weight is 287 g/mol. The van der Waals surface area contributed by atoms with Crippen LogP contribution in [0.4, 0.5) is 0 Å². The third kappa shape index (κ3) is 3.18. The molecule has 0 saturated carbocycles. The fourth-order valence-electron chi connectivity index (χ4n) is 3.30. The zero-order valence-electron chi connectivity index (χ0n) is 13.0. The summed E-state index contributed by atoms with van der Waals surface area (Å²) in [6.07, 6.45) is 6.54. The summed E-state index contributed by atoms with van der Waals surface area (Å²) < 4.78 is 0. The molecule has 21 heavy (non-hydrogen) atoms. The van der Waals surface area contributed by atoms with Gasteiger partial charge in [0, 0.05) is 30.4 Å². The Hall–Kier alpha value is -1.62. The maximum Gasteiger partial charge on any atom is 0.0622 e. The third-order valence-electron chi connectivity index (χ3n) is 4.49.